The molecule has 3 aromatic rings. The number of hydrogen-bond donors (Lipinski definition) is 0. The molecule has 0 N–H and O–H groups in total. The Morgan fingerprint density at radius 2 is 2.00 bits per heavy atom. The van der Waals surface area contributed by atoms with Crippen molar-refractivity contribution in [3.05, 3.63) is 96.7 Å². The van der Waals surface area contributed by atoms with Crippen LogP contribution in [0, 0.1) is 5.82 Å². The van der Waals surface area contributed by atoms with E-state index in [4.69, 9.17) is 4.74 Å². The Kier molecular flexibility index (Phi) is 5.41. The zero-order chi connectivity index (χ0) is 21.3. The molecule has 8 heteroatoms. The van der Waals surface area contributed by atoms with Crippen molar-refractivity contribution in [1.82, 2.24) is 9.55 Å². The first-order chi connectivity index (χ1) is 14.5. The fourth-order valence-electron chi connectivity index (χ4n) is 3.39. The van der Waals surface area contributed by atoms with Crippen LogP contribution in [0.2, 0.25) is 0 Å². The summed E-state index contributed by atoms with van der Waals surface area (Å²) in [5, 5.41) is 0. The predicted molar refractivity (Wildman–Crippen MR) is 111 cm³/mol. The van der Waals surface area contributed by atoms with E-state index in [0.29, 0.717) is 15.0 Å². The van der Waals surface area contributed by atoms with Crippen LogP contribution in [-0.2, 0) is 9.53 Å². The maximum absolute atomic E-state index is 14.8. The van der Waals surface area contributed by atoms with Gasteiger partial charge in [0.1, 0.15) is 11.9 Å². The van der Waals surface area contributed by atoms with Crippen LogP contribution in [-0.4, -0.2) is 22.1 Å². The van der Waals surface area contributed by atoms with E-state index in [1.807, 2.05) is 0 Å². The highest BCUT2D eigenvalue weighted by Crippen LogP contribution is 2.31. The van der Waals surface area contributed by atoms with Gasteiger partial charge in [0, 0.05) is 18.0 Å². The summed E-state index contributed by atoms with van der Waals surface area (Å²) in [7, 11) is 0. The number of halogens is 1. The standard InChI is InChI=1S/C22H18FN3O3S/c1-3-29-21(28)18-13(2)25-22-26(19(18)15-6-4-5-7-16(15)23)20(27)17(30-22)12-14-8-10-24-11-9-14/h4-12,19H,3H2,1-2H3/b17-12-. The second kappa shape index (κ2) is 8.16. The molecule has 2 aromatic heterocycles. The lowest BCUT2D eigenvalue weighted by atomic mass is 9.95. The van der Waals surface area contributed by atoms with Gasteiger partial charge in [-0.2, -0.15) is 0 Å². The second-order valence-electron chi connectivity index (χ2n) is 6.60. The summed E-state index contributed by atoms with van der Waals surface area (Å²) in [4.78, 5) is 34.9. The molecule has 3 heterocycles. The molecule has 0 bridgehead atoms. The predicted octanol–water partition coefficient (Wildman–Crippen LogP) is 2.33. The number of aromatic nitrogens is 2. The van der Waals surface area contributed by atoms with Gasteiger partial charge in [-0.15, -0.1) is 0 Å². The lowest BCUT2D eigenvalue weighted by Gasteiger charge is -2.24. The number of carbonyl (C=O) groups is 1. The van der Waals surface area contributed by atoms with Gasteiger partial charge in [-0.3, -0.25) is 14.3 Å². The van der Waals surface area contributed by atoms with Gasteiger partial charge in [0.2, 0.25) is 0 Å². The van der Waals surface area contributed by atoms with Gasteiger partial charge in [0.15, 0.2) is 4.80 Å². The number of nitrogens with zero attached hydrogens (tertiary/aromatic N) is 3. The van der Waals surface area contributed by atoms with Crippen LogP contribution in [0.25, 0.3) is 6.08 Å². The molecule has 0 saturated heterocycles. The van der Waals surface area contributed by atoms with E-state index in [-0.39, 0.29) is 23.3 Å². The quantitative estimate of drug-likeness (QED) is 0.604. The Bertz CT molecular complexity index is 1330. The second-order valence-corrected chi connectivity index (χ2v) is 7.61. The van der Waals surface area contributed by atoms with E-state index in [1.165, 1.54) is 22.0 Å². The summed E-state index contributed by atoms with van der Waals surface area (Å²) in [6.45, 7) is 3.52. The van der Waals surface area contributed by atoms with E-state index >= 15 is 0 Å². The van der Waals surface area contributed by atoms with Gasteiger partial charge in [0.25, 0.3) is 5.56 Å². The Hall–Kier alpha value is -3.39. The Morgan fingerprint density at radius 1 is 1.27 bits per heavy atom. The fraction of sp³-hybridized carbons (Fsp3) is 0.182. The minimum Gasteiger partial charge on any atom is -0.463 e. The van der Waals surface area contributed by atoms with Crippen LogP contribution in [0.4, 0.5) is 4.39 Å². The van der Waals surface area contributed by atoms with Gasteiger partial charge in [-0.1, -0.05) is 29.5 Å². The monoisotopic (exact) mass is 423 g/mol. The van der Waals surface area contributed by atoms with Crippen molar-refractivity contribution in [2.75, 3.05) is 6.61 Å². The molecule has 0 amide bonds. The largest absolute Gasteiger partial charge is 0.463 e. The molecule has 1 atom stereocenters. The number of carbonyl (C=O) groups excluding carboxylic acids is 1. The van der Waals surface area contributed by atoms with Gasteiger partial charge >= 0.3 is 5.97 Å². The van der Waals surface area contributed by atoms with Crippen LogP contribution in [0.15, 0.2) is 69.8 Å². The number of hydrogen-bond acceptors (Lipinski definition) is 6. The first-order valence-corrected chi connectivity index (χ1v) is 10.2. The molecular weight excluding hydrogens is 405 g/mol. The highest BCUT2D eigenvalue weighted by Gasteiger charge is 2.34. The molecule has 4 rings (SSSR count). The number of pyridine rings is 1. The third-order valence-electron chi connectivity index (χ3n) is 4.72. The molecule has 1 aromatic carbocycles. The SMILES string of the molecule is CCOC(=O)C1=C(C)N=c2s/c(=C\c3ccncc3)c(=O)n2C1c1ccccc1F. The Balaban J connectivity index is 1.99. The van der Waals surface area contributed by atoms with E-state index in [0.717, 1.165) is 5.56 Å². The molecule has 1 aliphatic heterocycles. The number of benzene rings is 1. The van der Waals surface area contributed by atoms with Crippen LogP contribution >= 0.6 is 11.3 Å². The van der Waals surface area contributed by atoms with Crippen molar-refractivity contribution in [3.8, 4) is 0 Å². The molecule has 1 unspecified atom stereocenters. The summed E-state index contributed by atoms with van der Waals surface area (Å²) in [6, 6.07) is 8.71. The summed E-state index contributed by atoms with van der Waals surface area (Å²) < 4.78 is 21.8. The maximum atomic E-state index is 14.8. The van der Waals surface area contributed by atoms with Gasteiger partial charge < -0.3 is 4.74 Å². The van der Waals surface area contributed by atoms with Crippen molar-refractivity contribution < 1.29 is 13.9 Å². The number of esters is 1. The van der Waals surface area contributed by atoms with Crippen LogP contribution in [0.1, 0.15) is 31.0 Å². The number of allylic oxidation sites excluding steroid dienone is 1. The Morgan fingerprint density at radius 3 is 2.70 bits per heavy atom. The van der Waals surface area contributed by atoms with Gasteiger partial charge in [-0.05, 0) is 43.7 Å². The molecular formula is C22H18FN3O3S. The molecule has 0 spiro atoms. The molecule has 0 fully saturated rings. The number of thiazole rings is 1. The molecule has 6 nitrogen and oxygen atoms in total. The highest BCUT2D eigenvalue weighted by atomic mass is 32.1. The van der Waals surface area contributed by atoms with Gasteiger partial charge in [-0.25, -0.2) is 14.2 Å². The fourth-order valence-corrected chi connectivity index (χ4v) is 4.44. The lowest BCUT2D eigenvalue weighted by molar-refractivity contribution is -0.139. The highest BCUT2D eigenvalue weighted by molar-refractivity contribution is 7.07. The normalized spacial score (nSPS) is 16.2. The molecule has 152 valence electrons. The number of ether oxygens (including phenoxy) is 1. The first kappa shape index (κ1) is 19.9. The zero-order valence-electron chi connectivity index (χ0n) is 16.3. The smallest absolute Gasteiger partial charge is 0.338 e. The molecule has 30 heavy (non-hydrogen) atoms. The summed E-state index contributed by atoms with van der Waals surface area (Å²) >= 11 is 1.19. The molecule has 1 aliphatic rings. The van der Waals surface area contributed by atoms with E-state index in [2.05, 4.69) is 9.98 Å². The number of fused-ring (bicyclic) bond motifs is 1. The van der Waals surface area contributed by atoms with Crippen molar-refractivity contribution in [1.29, 1.82) is 0 Å². The van der Waals surface area contributed by atoms with Crippen molar-refractivity contribution in [2.24, 2.45) is 4.99 Å². The third-order valence-corrected chi connectivity index (χ3v) is 5.70. The average Bonchev–Trinajstić information content (AvgIpc) is 3.03. The van der Waals surface area contributed by atoms with E-state index < -0.39 is 17.8 Å². The van der Waals surface area contributed by atoms with Gasteiger partial charge in [0.05, 0.1) is 22.4 Å². The maximum Gasteiger partial charge on any atom is 0.338 e. The molecule has 0 radical (unpaired) electrons. The minimum absolute atomic E-state index is 0.157. The average molecular weight is 423 g/mol. The Labute approximate surface area is 175 Å². The number of rotatable bonds is 4. The lowest BCUT2D eigenvalue weighted by Crippen LogP contribution is -2.40. The summed E-state index contributed by atoms with van der Waals surface area (Å²) in [5.74, 6) is -1.13. The zero-order valence-corrected chi connectivity index (χ0v) is 17.1. The third kappa shape index (κ3) is 3.50. The van der Waals surface area contributed by atoms with Crippen molar-refractivity contribution in [3.63, 3.8) is 0 Å². The topological polar surface area (TPSA) is 73.6 Å². The minimum atomic E-state index is -0.957. The van der Waals surface area contributed by atoms with Crippen LogP contribution < -0.4 is 14.9 Å². The van der Waals surface area contributed by atoms with Crippen molar-refractivity contribution >= 4 is 23.4 Å². The summed E-state index contributed by atoms with van der Waals surface area (Å²) in [6.07, 6.45) is 5.00. The summed E-state index contributed by atoms with van der Waals surface area (Å²) in [5.41, 5.74) is 1.23. The van der Waals surface area contributed by atoms with Crippen LogP contribution in [0.5, 0.6) is 0 Å². The molecule has 0 saturated carbocycles. The molecule has 0 aliphatic carbocycles. The van der Waals surface area contributed by atoms with E-state index in [1.54, 1.807) is 62.6 Å². The van der Waals surface area contributed by atoms with E-state index in [9.17, 15) is 14.0 Å². The van der Waals surface area contributed by atoms with Crippen molar-refractivity contribution in [2.45, 2.75) is 19.9 Å². The van der Waals surface area contributed by atoms with Crippen LogP contribution in [0.3, 0.4) is 0 Å². The first-order valence-electron chi connectivity index (χ1n) is 9.35.